The van der Waals surface area contributed by atoms with E-state index in [9.17, 15) is 4.79 Å². The molecule has 4 nitrogen and oxygen atoms in total. The van der Waals surface area contributed by atoms with E-state index in [1.54, 1.807) is 0 Å². The van der Waals surface area contributed by atoms with Crippen molar-refractivity contribution >= 4 is 18.3 Å². The van der Waals surface area contributed by atoms with E-state index in [0.29, 0.717) is 6.54 Å². The van der Waals surface area contributed by atoms with E-state index in [0.717, 1.165) is 31.7 Å². The van der Waals surface area contributed by atoms with Crippen LogP contribution in [0.1, 0.15) is 53.0 Å². The van der Waals surface area contributed by atoms with Crippen LogP contribution in [0, 0.1) is 5.41 Å². The first-order chi connectivity index (χ1) is 11.2. The molecule has 1 amide bonds. The molecule has 0 aromatic heterocycles. The van der Waals surface area contributed by atoms with E-state index in [1.807, 2.05) is 25.1 Å². The Hall–Kier alpha value is -1.26. The normalized spacial score (nSPS) is 18.0. The van der Waals surface area contributed by atoms with E-state index in [-0.39, 0.29) is 29.1 Å². The van der Waals surface area contributed by atoms with Gasteiger partial charge in [-0.15, -0.1) is 12.4 Å². The van der Waals surface area contributed by atoms with E-state index < -0.39 is 6.10 Å². The van der Waals surface area contributed by atoms with Gasteiger partial charge in [0.05, 0.1) is 0 Å². The van der Waals surface area contributed by atoms with Gasteiger partial charge < -0.3 is 15.4 Å². The Labute approximate surface area is 158 Å². The quantitative estimate of drug-likeness (QED) is 0.833. The Morgan fingerprint density at radius 1 is 1.32 bits per heavy atom. The van der Waals surface area contributed by atoms with Crippen LogP contribution in [0.4, 0.5) is 0 Å². The minimum atomic E-state index is -0.495. The molecule has 5 heteroatoms. The summed E-state index contributed by atoms with van der Waals surface area (Å²) in [5, 5.41) is 6.43. The van der Waals surface area contributed by atoms with Gasteiger partial charge in [-0.25, -0.2) is 0 Å². The van der Waals surface area contributed by atoms with Crippen LogP contribution in [0.2, 0.25) is 0 Å². The lowest BCUT2D eigenvalue weighted by atomic mass is 9.81. The number of rotatable bonds is 5. The zero-order valence-electron chi connectivity index (χ0n) is 16.1. The zero-order chi connectivity index (χ0) is 17.8. The fraction of sp³-hybridized carbons (Fsp3) is 0.650. The third-order valence-corrected chi connectivity index (χ3v) is 4.88. The number of carbonyl (C=O) groups excluding carboxylic acids is 1. The van der Waals surface area contributed by atoms with Crippen molar-refractivity contribution in [1.82, 2.24) is 10.6 Å². The summed E-state index contributed by atoms with van der Waals surface area (Å²) in [4.78, 5) is 12.4. The Balaban J connectivity index is 0.00000312. The minimum absolute atomic E-state index is 0. The lowest BCUT2D eigenvalue weighted by molar-refractivity contribution is -0.127. The highest BCUT2D eigenvalue weighted by atomic mass is 35.5. The summed E-state index contributed by atoms with van der Waals surface area (Å²) >= 11 is 0. The molecule has 1 saturated heterocycles. The van der Waals surface area contributed by atoms with Gasteiger partial charge >= 0.3 is 0 Å². The van der Waals surface area contributed by atoms with Crippen molar-refractivity contribution < 1.29 is 9.53 Å². The molecular weight excluding hydrogens is 336 g/mol. The Morgan fingerprint density at radius 2 is 1.96 bits per heavy atom. The first-order valence-electron chi connectivity index (χ1n) is 8.95. The number of amides is 1. The van der Waals surface area contributed by atoms with Crippen molar-refractivity contribution in [1.29, 1.82) is 0 Å². The Kier molecular flexibility index (Phi) is 7.76. The van der Waals surface area contributed by atoms with Gasteiger partial charge in [0.15, 0.2) is 6.10 Å². The Bertz CT molecular complexity index is 563. The molecule has 1 atom stereocenters. The van der Waals surface area contributed by atoms with Crippen LogP contribution in [0.15, 0.2) is 24.3 Å². The summed E-state index contributed by atoms with van der Waals surface area (Å²) in [5.74, 6) is 0.703. The number of hydrogen-bond acceptors (Lipinski definition) is 3. The number of benzene rings is 1. The fourth-order valence-corrected chi connectivity index (χ4v) is 2.94. The molecule has 1 heterocycles. The van der Waals surface area contributed by atoms with Crippen LogP contribution < -0.4 is 15.4 Å². The number of halogens is 1. The summed E-state index contributed by atoms with van der Waals surface area (Å²) in [5.41, 5.74) is 1.45. The first kappa shape index (κ1) is 21.8. The second-order valence-corrected chi connectivity index (χ2v) is 8.32. The van der Waals surface area contributed by atoms with Crippen LogP contribution in [0.5, 0.6) is 5.75 Å². The van der Waals surface area contributed by atoms with E-state index in [4.69, 9.17) is 4.74 Å². The average Bonchev–Trinajstić information content (AvgIpc) is 2.53. The molecule has 1 aromatic carbocycles. The van der Waals surface area contributed by atoms with Gasteiger partial charge in [-0.2, -0.15) is 0 Å². The summed E-state index contributed by atoms with van der Waals surface area (Å²) < 4.78 is 5.86. The highest BCUT2D eigenvalue weighted by Gasteiger charge is 2.28. The molecular formula is C20H33ClN2O2. The van der Waals surface area contributed by atoms with Gasteiger partial charge in [0.25, 0.3) is 5.91 Å². The molecule has 1 aliphatic rings. The number of carbonyl (C=O) groups is 1. The zero-order valence-corrected chi connectivity index (χ0v) is 17.0. The largest absolute Gasteiger partial charge is 0.481 e. The summed E-state index contributed by atoms with van der Waals surface area (Å²) in [6, 6.07) is 8.01. The molecule has 0 aliphatic carbocycles. The molecule has 0 saturated carbocycles. The highest BCUT2D eigenvalue weighted by molar-refractivity contribution is 5.85. The summed E-state index contributed by atoms with van der Waals surface area (Å²) in [7, 11) is 0. The van der Waals surface area contributed by atoms with Crippen LogP contribution in [0.25, 0.3) is 0 Å². The van der Waals surface area contributed by atoms with Crippen molar-refractivity contribution in [2.24, 2.45) is 5.41 Å². The van der Waals surface area contributed by atoms with Crippen molar-refractivity contribution in [3.8, 4) is 5.75 Å². The molecule has 142 valence electrons. The minimum Gasteiger partial charge on any atom is -0.481 e. The molecule has 0 radical (unpaired) electrons. The maximum Gasteiger partial charge on any atom is 0.260 e. The third-order valence-electron chi connectivity index (χ3n) is 4.88. The third kappa shape index (κ3) is 6.52. The van der Waals surface area contributed by atoms with Crippen molar-refractivity contribution in [2.45, 2.75) is 59.0 Å². The molecule has 0 bridgehead atoms. The number of ether oxygens (including phenoxy) is 1. The smallest absolute Gasteiger partial charge is 0.260 e. The average molecular weight is 369 g/mol. The molecule has 25 heavy (non-hydrogen) atoms. The highest BCUT2D eigenvalue weighted by Crippen LogP contribution is 2.27. The van der Waals surface area contributed by atoms with Crippen LogP contribution in [-0.4, -0.2) is 31.6 Å². The molecule has 0 spiro atoms. The van der Waals surface area contributed by atoms with Gasteiger partial charge in [0.1, 0.15) is 5.75 Å². The first-order valence-corrected chi connectivity index (χ1v) is 8.95. The molecule has 2 rings (SSSR count). The van der Waals surface area contributed by atoms with Crippen LogP contribution >= 0.6 is 12.4 Å². The maximum atomic E-state index is 12.4. The van der Waals surface area contributed by atoms with Gasteiger partial charge in [0.2, 0.25) is 0 Å². The van der Waals surface area contributed by atoms with E-state index in [2.05, 4.69) is 44.4 Å². The van der Waals surface area contributed by atoms with Crippen LogP contribution in [-0.2, 0) is 10.2 Å². The predicted octanol–water partition coefficient (Wildman–Crippen LogP) is 3.68. The number of piperidine rings is 1. The summed E-state index contributed by atoms with van der Waals surface area (Å²) in [6.07, 6.45) is 1.69. The maximum absolute atomic E-state index is 12.4. The number of hydrogen-bond donors (Lipinski definition) is 2. The molecule has 1 unspecified atom stereocenters. The van der Waals surface area contributed by atoms with Crippen molar-refractivity contribution in [3.63, 3.8) is 0 Å². The SMILES string of the molecule is CC(Oc1cccc(C(C)(C)C)c1)C(=O)NCC1(C)CCNCC1.Cl. The van der Waals surface area contributed by atoms with Crippen molar-refractivity contribution in [2.75, 3.05) is 19.6 Å². The second-order valence-electron chi connectivity index (χ2n) is 8.32. The van der Waals surface area contributed by atoms with Gasteiger partial charge in [-0.3, -0.25) is 4.79 Å². The van der Waals surface area contributed by atoms with Gasteiger partial charge in [-0.05, 0) is 61.4 Å². The number of nitrogens with one attached hydrogen (secondary N) is 2. The monoisotopic (exact) mass is 368 g/mol. The molecule has 1 aromatic rings. The van der Waals surface area contributed by atoms with Crippen LogP contribution in [0.3, 0.4) is 0 Å². The van der Waals surface area contributed by atoms with E-state index in [1.165, 1.54) is 5.56 Å². The summed E-state index contributed by atoms with van der Waals surface area (Å²) in [6.45, 7) is 13.3. The molecule has 1 aliphatic heterocycles. The lowest BCUT2D eigenvalue weighted by Crippen LogP contribution is -2.45. The van der Waals surface area contributed by atoms with Crippen molar-refractivity contribution in [3.05, 3.63) is 29.8 Å². The van der Waals surface area contributed by atoms with E-state index >= 15 is 0 Å². The van der Waals surface area contributed by atoms with Gasteiger partial charge in [0, 0.05) is 6.54 Å². The molecule has 2 N–H and O–H groups in total. The topological polar surface area (TPSA) is 50.4 Å². The van der Waals surface area contributed by atoms with Gasteiger partial charge in [-0.1, -0.05) is 39.8 Å². The second kappa shape index (κ2) is 8.91. The molecule has 1 fully saturated rings. The Morgan fingerprint density at radius 3 is 2.56 bits per heavy atom. The lowest BCUT2D eigenvalue weighted by Gasteiger charge is -2.34. The standard InChI is InChI=1S/C20H32N2O2.ClH/c1-15(18(23)22-14-20(5)9-11-21-12-10-20)24-17-8-6-7-16(13-17)19(2,3)4;/h6-8,13,15,21H,9-12,14H2,1-5H3,(H,22,23);1H. The predicted molar refractivity (Wildman–Crippen MR) is 106 cm³/mol. The fourth-order valence-electron chi connectivity index (χ4n) is 2.94.